The average molecular weight is 1110 g/mol. The molecule has 27 heteroatoms. The highest BCUT2D eigenvalue weighted by atomic mass is 16.8. The van der Waals surface area contributed by atoms with Gasteiger partial charge in [-0.15, -0.1) is 5.10 Å². The molecule has 0 bridgehead atoms. The zero-order valence-corrected chi connectivity index (χ0v) is 46.6. The van der Waals surface area contributed by atoms with Gasteiger partial charge in [0.1, 0.15) is 74.3 Å². The fourth-order valence-electron chi connectivity index (χ4n) is 10.2. The van der Waals surface area contributed by atoms with Crippen LogP contribution < -0.4 is 0 Å². The number of carbonyl (C=O) groups excluding carboxylic acids is 9. The van der Waals surface area contributed by atoms with E-state index in [1.54, 1.807) is 53.9 Å². The van der Waals surface area contributed by atoms with E-state index in [1.165, 1.54) is 44.2 Å². The maximum absolute atomic E-state index is 14.1. The molecule has 3 saturated heterocycles. The van der Waals surface area contributed by atoms with Crippen LogP contribution in [0.2, 0.25) is 0 Å². The van der Waals surface area contributed by atoms with Gasteiger partial charge in [-0.25, -0.2) is 0 Å². The minimum atomic E-state index is -1.39. The van der Waals surface area contributed by atoms with Gasteiger partial charge in [-0.1, -0.05) is 39.0 Å². The molecule has 3 aliphatic heterocycles. The molecule has 1 aliphatic carbocycles. The lowest BCUT2D eigenvalue weighted by Crippen LogP contribution is -2.67. The Hall–Kier alpha value is -6.13. The molecule has 1 amide bonds. The lowest BCUT2D eigenvalue weighted by atomic mass is 9.79. The van der Waals surface area contributed by atoms with E-state index in [0.29, 0.717) is 5.69 Å². The number of hydrogen-bond acceptors (Lipinski definition) is 25. The lowest BCUT2D eigenvalue weighted by molar-refractivity contribution is -0.364. The summed E-state index contributed by atoms with van der Waals surface area (Å²) in [4.78, 5) is 116. The lowest BCUT2D eigenvalue weighted by Gasteiger charge is -2.53. The number of ether oxygens (including phenoxy) is 14. The predicted molar refractivity (Wildman–Crippen MR) is 260 cm³/mol. The summed E-state index contributed by atoms with van der Waals surface area (Å²) in [6.45, 7) is 17.5. The summed E-state index contributed by atoms with van der Waals surface area (Å²) >= 11 is 0. The van der Waals surface area contributed by atoms with Crippen LogP contribution in [0.15, 0.2) is 17.8 Å². The van der Waals surface area contributed by atoms with Crippen molar-refractivity contribution in [3.8, 4) is 0 Å². The highest BCUT2D eigenvalue weighted by Crippen LogP contribution is 2.42. The number of amides is 1. The van der Waals surface area contributed by atoms with Gasteiger partial charge in [0, 0.05) is 98.6 Å². The second-order valence-electron chi connectivity index (χ2n) is 20.0. The van der Waals surface area contributed by atoms with E-state index in [9.17, 15) is 43.2 Å². The molecule has 0 N–H and O–H groups in total. The van der Waals surface area contributed by atoms with Crippen molar-refractivity contribution in [3.05, 3.63) is 23.5 Å². The highest BCUT2D eigenvalue weighted by molar-refractivity contribution is 5.75. The number of carbonyl (C=O) groups is 9. The maximum atomic E-state index is 14.1. The number of rotatable bonds is 20. The predicted octanol–water partition coefficient (Wildman–Crippen LogP) is 1.71. The molecule has 0 unspecified atom stereocenters. The summed E-state index contributed by atoms with van der Waals surface area (Å²) in [5, 5.41) is 7.96. The zero-order valence-electron chi connectivity index (χ0n) is 46.6. The van der Waals surface area contributed by atoms with Crippen molar-refractivity contribution in [2.45, 2.75) is 196 Å². The molecule has 19 atom stereocenters. The van der Waals surface area contributed by atoms with Crippen molar-refractivity contribution < 1.29 is 109 Å². The Kier molecular flexibility index (Phi) is 22.2. The Labute approximate surface area is 451 Å². The van der Waals surface area contributed by atoms with E-state index in [1.807, 2.05) is 0 Å². The number of esters is 8. The van der Waals surface area contributed by atoms with Gasteiger partial charge >= 0.3 is 47.8 Å². The summed E-state index contributed by atoms with van der Waals surface area (Å²) in [5.74, 6) is -9.73. The first-order valence-electron chi connectivity index (χ1n) is 25.6. The van der Waals surface area contributed by atoms with Crippen molar-refractivity contribution in [3.63, 3.8) is 0 Å². The number of hydrogen-bond donors (Lipinski definition) is 0. The molecule has 4 aliphatic rings. The maximum Gasteiger partial charge on any atom is 0.303 e. The Morgan fingerprint density at radius 3 is 1.44 bits per heavy atom. The normalized spacial score (nSPS) is 33.7. The molecular weight excluding hydrogens is 1040 g/mol. The summed E-state index contributed by atoms with van der Waals surface area (Å²) in [6.07, 6.45) is -12.8. The van der Waals surface area contributed by atoms with Gasteiger partial charge in [-0.3, -0.25) is 47.8 Å². The van der Waals surface area contributed by atoms with E-state index in [0.717, 1.165) is 27.7 Å². The highest BCUT2D eigenvalue weighted by Gasteiger charge is 2.57. The first-order valence-corrected chi connectivity index (χ1v) is 25.6. The average Bonchev–Trinajstić information content (AvgIpc) is 3.87. The summed E-state index contributed by atoms with van der Waals surface area (Å²) in [5.41, 5.74) is 0.672. The van der Waals surface area contributed by atoms with E-state index in [-0.39, 0.29) is 12.2 Å². The monoisotopic (exact) mass is 1110 g/mol. The fraction of sp³-hybridized carbons (Fsp3) is 0.745. The molecule has 78 heavy (non-hydrogen) atoms. The van der Waals surface area contributed by atoms with E-state index >= 15 is 0 Å². The molecule has 1 aromatic heterocycles. The van der Waals surface area contributed by atoms with E-state index in [4.69, 9.17) is 66.3 Å². The van der Waals surface area contributed by atoms with Crippen LogP contribution in [0, 0.1) is 23.7 Å². The molecule has 0 spiro atoms. The molecule has 436 valence electrons. The summed E-state index contributed by atoms with van der Waals surface area (Å²) < 4.78 is 86.2. The first-order chi connectivity index (χ1) is 36.6. The SMILES string of the molecule is CC(=O)OCC1=C[C@H](N(C(C)=O)[C@H]2[C@H](OC(C)=O)[C@@H](C)[C@@H](O[C@H]3[C@H](OC(C)=O)[C@@H](C)[C@@H](O[C@H]4[C@H](OC(C)=O)[C@@H](C)[C@H](OCc5cn(C)nn5)O[C@@H]4COC(C)=O)O[C@@H]3COC(C)=O)O[C@@H]2C)[C@H](C)[C@@H](OC(C)=O)[C@@H]1OC(C)=O. The molecule has 5 rings (SSSR count). The quantitative estimate of drug-likeness (QED) is 0.102. The Morgan fingerprint density at radius 1 is 0.526 bits per heavy atom. The largest absolute Gasteiger partial charge is 0.463 e. The molecule has 0 saturated carbocycles. The van der Waals surface area contributed by atoms with Crippen LogP contribution in [0.1, 0.15) is 103 Å². The number of aryl methyl sites for hydroxylation is 1. The minimum Gasteiger partial charge on any atom is -0.463 e. The zero-order chi connectivity index (χ0) is 58.0. The molecule has 1 aromatic rings. The van der Waals surface area contributed by atoms with Crippen molar-refractivity contribution in [2.24, 2.45) is 30.7 Å². The topological polar surface area (TPSA) is 317 Å². The van der Waals surface area contributed by atoms with Crippen molar-refractivity contribution in [1.29, 1.82) is 0 Å². The molecular formula is C51H74N4O23. The van der Waals surface area contributed by atoms with Gasteiger partial charge < -0.3 is 71.2 Å². The van der Waals surface area contributed by atoms with Gasteiger partial charge in [-0.05, 0) is 6.92 Å². The van der Waals surface area contributed by atoms with Gasteiger partial charge in [0.05, 0.1) is 31.0 Å². The van der Waals surface area contributed by atoms with Gasteiger partial charge in [0.25, 0.3) is 0 Å². The second-order valence-corrected chi connectivity index (χ2v) is 20.0. The van der Waals surface area contributed by atoms with E-state index in [2.05, 4.69) is 10.3 Å². The van der Waals surface area contributed by atoms with Crippen LogP contribution in [0.4, 0.5) is 0 Å². The third-order valence-corrected chi connectivity index (χ3v) is 13.6. The Balaban J connectivity index is 1.52. The standard InChI is InChI=1S/C51H74N4O23/c1-22-38(16-36(18-65-28(7)57)46(74-35(14)64)43(22)71-32(11)61)55(27(6)56)41-26(5)69-50(23(2)42(41)70-31(10)60)77-48-40(21-67-30(9)59)76-51(25(4)45(48)73-34(13)63)78-47-39(20-66-29(8)58)75-49(24(3)44(47)72-33(12)62)68-19-37-17-54(15)53-52-37/h16-17,22-26,38-51H,18-21H2,1-15H3/t22-,23+,24+,25+,26+,38-,39+,40+,41+,42+,43+,44+,45+,46+,47+,48+,49+,50+,51+/m0/s1. The first kappa shape index (κ1) is 62.7. The third kappa shape index (κ3) is 16.2. The summed E-state index contributed by atoms with van der Waals surface area (Å²) in [7, 11) is 1.68. The van der Waals surface area contributed by atoms with Crippen LogP contribution in [0.25, 0.3) is 0 Å². The molecule has 4 heterocycles. The smallest absolute Gasteiger partial charge is 0.303 e. The number of nitrogens with zero attached hydrogens (tertiary/aromatic N) is 4. The van der Waals surface area contributed by atoms with Crippen LogP contribution in [0.5, 0.6) is 0 Å². The second kappa shape index (κ2) is 27.6. The third-order valence-electron chi connectivity index (χ3n) is 13.6. The van der Waals surface area contributed by atoms with Gasteiger partial charge in [0.2, 0.25) is 5.91 Å². The van der Waals surface area contributed by atoms with Crippen LogP contribution >= 0.6 is 0 Å². The molecule has 0 aromatic carbocycles. The minimum absolute atomic E-state index is 0.0543. The molecule has 0 radical (unpaired) electrons. The Morgan fingerprint density at radius 2 is 0.974 bits per heavy atom. The molecule has 3 fully saturated rings. The Bertz CT molecular complexity index is 2360. The van der Waals surface area contributed by atoms with Gasteiger partial charge in [0.15, 0.2) is 25.0 Å². The van der Waals surface area contributed by atoms with Gasteiger partial charge in [-0.2, -0.15) is 0 Å². The van der Waals surface area contributed by atoms with Crippen LogP contribution in [-0.2, 0) is 123 Å². The van der Waals surface area contributed by atoms with Crippen molar-refractivity contribution in [1.82, 2.24) is 19.9 Å². The fourth-order valence-corrected chi connectivity index (χ4v) is 10.2. The summed E-state index contributed by atoms with van der Waals surface area (Å²) in [6, 6.07) is -2.10. The van der Waals surface area contributed by atoms with Crippen molar-refractivity contribution >= 4 is 53.7 Å². The van der Waals surface area contributed by atoms with Crippen LogP contribution in [-0.4, -0.2) is 185 Å². The molecule has 27 nitrogen and oxygen atoms in total. The van der Waals surface area contributed by atoms with Crippen molar-refractivity contribution in [2.75, 3.05) is 19.8 Å². The van der Waals surface area contributed by atoms with Crippen LogP contribution in [0.3, 0.4) is 0 Å². The van der Waals surface area contributed by atoms with E-state index < -0.39 is 189 Å². The number of aromatic nitrogens is 3.